The normalized spacial score (nSPS) is 12.8. The Balaban J connectivity index is 2.33. The van der Waals surface area contributed by atoms with Crippen molar-refractivity contribution in [1.82, 2.24) is 0 Å². The van der Waals surface area contributed by atoms with Crippen LogP contribution in [-0.2, 0) is 21.2 Å². The average Bonchev–Trinajstić information content (AvgIpc) is 2.16. The molecule has 0 aliphatic carbocycles. The molecule has 1 unspecified atom stereocenters. The summed E-state index contributed by atoms with van der Waals surface area (Å²) in [6.45, 7) is -1.09. The van der Waals surface area contributed by atoms with Gasteiger partial charge in [-0.05, 0) is 5.56 Å². The van der Waals surface area contributed by atoms with Crippen LogP contribution in [0.15, 0.2) is 30.3 Å². The smallest absolute Gasteiger partial charge is 0.301 e. The zero-order chi connectivity index (χ0) is 8.81. The minimum atomic E-state index is -1.38. The van der Waals surface area contributed by atoms with Gasteiger partial charge in [-0.3, -0.25) is 0 Å². The molecule has 0 saturated heterocycles. The van der Waals surface area contributed by atoms with Gasteiger partial charge in [0.15, 0.2) is 0 Å². The summed E-state index contributed by atoms with van der Waals surface area (Å²) < 4.78 is 9.19. The van der Waals surface area contributed by atoms with E-state index in [0.29, 0.717) is 6.61 Å². The van der Waals surface area contributed by atoms with Gasteiger partial charge in [0.2, 0.25) is 0 Å². The molecule has 1 aromatic carbocycles. The molecule has 0 fully saturated rings. The van der Waals surface area contributed by atoms with Crippen LogP contribution >= 0.6 is 0 Å². The van der Waals surface area contributed by atoms with Crippen molar-refractivity contribution in [3.8, 4) is 0 Å². The van der Waals surface area contributed by atoms with E-state index in [-0.39, 0.29) is 0 Å². The largest absolute Gasteiger partial charge is 0.331 e. The van der Waals surface area contributed by atoms with E-state index in [0.717, 1.165) is 5.56 Å². The van der Waals surface area contributed by atoms with Crippen molar-refractivity contribution in [3.05, 3.63) is 35.9 Å². The maximum atomic E-state index is 10.6. The fourth-order valence-corrected chi connectivity index (χ4v) is 0.807. The Morgan fingerprint density at radius 2 is 2.00 bits per heavy atom. The number of rotatable bonds is 4. The predicted molar refractivity (Wildman–Crippen MR) is 42.7 cm³/mol. The molecular formula is C9H11O3. The third-order valence-corrected chi connectivity index (χ3v) is 1.42. The van der Waals surface area contributed by atoms with Crippen LogP contribution in [0.3, 0.4) is 0 Å². The molecule has 1 atom stereocenters. The first-order chi connectivity index (χ1) is 5.83. The van der Waals surface area contributed by atoms with Crippen molar-refractivity contribution in [1.29, 1.82) is 0 Å². The Morgan fingerprint density at radius 3 is 2.58 bits per heavy atom. The van der Waals surface area contributed by atoms with Gasteiger partial charge in [-0.2, -0.15) is 5.11 Å². The summed E-state index contributed by atoms with van der Waals surface area (Å²) in [6.07, 6.45) is 0. The molecule has 1 radical (unpaired) electrons. The first-order valence-corrected chi connectivity index (χ1v) is 3.67. The molecule has 0 amide bonds. The van der Waals surface area contributed by atoms with E-state index >= 15 is 0 Å². The minimum absolute atomic E-state index is 0.294. The highest BCUT2D eigenvalue weighted by atomic mass is 16.8. The molecule has 1 rings (SSSR count). The summed E-state index contributed by atoms with van der Waals surface area (Å²) in [7, 11) is 1.32. The number of hydrogen-bond acceptors (Lipinski definition) is 2. The van der Waals surface area contributed by atoms with Crippen molar-refractivity contribution in [3.63, 3.8) is 0 Å². The minimum Gasteiger partial charge on any atom is -0.331 e. The molecule has 1 aromatic rings. The quantitative estimate of drug-likeness (QED) is 0.638. The van der Waals surface area contributed by atoms with Crippen molar-refractivity contribution >= 4 is 0 Å². The summed E-state index contributed by atoms with van der Waals surface area (Å²) in [4.78, 5) is 0. The van der Waals surface area contributed by atoms with E-state index < -0.39 is 6.48 Å². The van der Waals surface area contributed by atoms with Gasteiger partial charge in [0.05, 0.1) is 6.61 Å². The monoisotopic (exact) mass is 167 g/mol. The molecular weight excluding hydrogens is 156 g/mol. The van der Waals surface area contributed by atoms with Crippen LogP contribution in [-0.4, -0.2) is 13.6 Å². The maximum absolute atomic E-state index is 10.6. The lowest BCUT2D eigenvalue weighted by Crippen LogP contribution is -2.11. The van der Waals surface area contributed by atoms with Crippen LogP contribution in [0.5, 0.6) is 0 Å². The third kappa shape index (κ3) is 3.00. The van der Waals surface area contributed by atoms with Crippen LogP contribution in [0.1, 0.15) is 5.56 Å². The van der Waals surface area contributed by atoms with Crippen molar-refractivity contribution in [2.45, 2.75) is 13.1 Å². The molecule has 0 aliphatic heterocycles. The summed E-state index contributed by atoms with van der Waals surface area (Å²) in [5.74, 6) is 0. The van der Waals surface area contributed by atoms with E-state index in [9.17, 15) is 5.11 Å². The standard InChI is InChI=1S/C9H11O3/c1-11-9(10)12-7-8-5-3-2-4-6-8/h2-6,9H,7H2,1H3. The van der Waals surface area contributed by atoms with E-state index in [4.69, 9.17) is 4.74 Å². The van der Waals surface area contributed by atoms with Gasteiger partial charge in [0.1, 0.15) is 0 Å². The zero-order valence-electron chi connectivity index (χ0n) is 6.90. The molecule has 65 valence electrons. The topological polar surface area (TPSA) is 38.4 Å². The molecule has 0 spiro atoms. The van der Waals surface area contributed by atoms with Gasteiger partial charge in [0.25, 0.3) is 0 Å². The summed E-state index contributed by atoms with van der Waals surface area (Å²) >= 11 is 0. The van der Waals surface area contributed by atoms with Gasteiger partial charge < -0.3 is 9.47 Å². The molecule has 0 N–H and O–H groups in total. The Kier molecular flexibility index (Phi) is 3.73. The molecule has 3 nitrogen and oxygen atoms in total. The van der Waals surface area contributed by atoms with Gasteiger partial charge in [0, 0.05) is 7.11 Å². The van der Waals surface area contributed by atoms with Crippen LogP contribution in [0.2, 0.25) is 0 Å². The van der Waals surface area contributed by atoms with Gasteiger partial charge >= 0.3 is 6.48 Å². The molecule has 3 heteroatoms. The van der Waals surface area contributed by atoms with Gasteiger partial charge in [-0.15, -0.1) is 0 Å². The van der Waals surface area contributed by atoms with Crippen molar-refractivity contribution in [2.24, 2.45) is 0 Å². The van der Waals surface area contributed by atoms with E-state index in [1.807, 2.05) is 30.3 Å². The number of hydrogen-bond donors (Lipinski definition) is 0. The maximum Gasteiger partial charge on any atom is 0.301 e. The van der Waals surface area contributed by atoms with Crippen molar-refractivity contribution < 1.29 is 14.6 Å². The average molecular weight is 167 g/mol. The fraction of sp³-hybridized carbons (Fsp3) is 0.333. The molecule has 0 aliphatic rings. The summed E-state index contributed by atoms with van der Waals surface area (Å²) in [5.41, 5.74) is 0.968. The first kappa shape index (κ1) is 9.19. The molecule has 12 heavy (non-hydrogen) atoms. The Hall–Kier alpha value is -0.900. The second kappa shape index (κ2) is 4.87. The first-order valence-electron chi connectivity index (χ1n) is 3.67. The number of methoxy groups -OCH3 is 1. The van der Waals surface area contributed by atoms with E-state index in [1.165, 1.54) is 7.11 Å². The lowest BCUT2D eigenvalue weighted by molar-refractivity contribution is -0.286. The van der Waals surface area contributed by atoms with E-state index in [2.05, 4.69) is 4.74 Å². The van der Waals surface area contributed by atoms with Crippen LogP contribution in [0.4, 0.5) is 0 Å². The number of benzene rings is 1. The lowest BCUT2D eigenvalue weighted by atomic mass is 10.2. The fourth-order valence-electron chi connectivity index (χ4n) is 0.807. The Bertz CT molecular complexity index is 210. The predicted octanol–water partition coefficient (Wildman–Crippen LogP) is 1.56. The molecule has 0 aromatic heterocycles. The highest BCUT2D eigenvalue weighted by Gasteiger charge is 2.02. The highest BCUT2D eigenvalue weighted by molar-refractivity contribution is 5.13. The molecule has 0 saturated carbocycles. The van der Waals surface area contributed by atoms with Crippen molar-refractivity contribution in [2.75, 3.05) is 7.11 Å². The van der Waals surface area contributed by atoms with Crippen LogP contribution in [0, 0.1) is 0 Å². The van der Waals surface area contributed by atoms with E-state index in [1.54, 1.807) is 0 Å². The van der Waals surface area contributed by atoms with Crippen LogP contribution < -0.4 is 0 Å². The SMILES string of the molecule is COC([O])OCc1ccccc1. The second-order valence-corrected chi connectivity index (χ2v) is 2.32. The zero-order valence-corrected chi connectivity index (χ0v) is 6.90. The number of ether oxygens (including phenoxy) is 2. The lowest BCUT2D eigenvalue weighted by Gasteiger charge is -2.06. The summed E-state index contributed by atoms with van der Waals surface area (Å²) in [6, 6.07) is 9.48. The molecule has 0 bridgehead atoms. The van der Waals surface area contributed by atoms with Crippen LogP contribution in [0.25, 0.3) is 0 Å². The molecule has 0 heterocycles. The second-order valence-electron chi connectivity index (χ2n) is 2.32. The Morgan fingerprint density at radius 1 is 1.33 bits per heavy atom. The highest BCUT2D eigenvalue weighted by Crippen LogP contribution is 2.02. The van der Waals surface area contributed by atoms with Gasteiger partial charge in [-0.25, -0.2) is 0 Å². The summed E-state index contributed by atoms with van der Waals surface area (Å²) in [5, 5.41) is 10.6. The third-order valence-electron chi connectivity index (χ3n) is 1.42. The van der Waals surface area contributed by atoms with Gasteiger partial charge in [-0.1, -0.05) is 30.3 Å². The Labute approximate surface area is 71.5 Å².